The van der Waals surface area contributed by atoms with Crippen molar-refractivity contribution in [3.63, 3.8) is 0 Å². The van der Waals surface area contributed by atoms with Gasteiger partial charge >= 0.3 is 0 Å². The highest BCUT2D eigenvalue weighted by atomic mass is 35.5. The van der Waals surface area contributed by atoms with E-state index in [9.17, 15) is 4.21 Å². The van der Waals surface area contributed by atoms with Crippen molar-refractivity contribution in [1.29, 1.82) is 0 Å². The minimum absolute atomic E-state index is 0.333. The molecule has 45 heavy (non-hydrogen) atoms. The van der Waals surface area contributed by atoms with Gasteiger partial charge in [0.2, 0.25) is 5.95 Å². The molecule has 13 heteroatoms. The van der Waals surface area contributed by atoms with Crippen molar-refractivity contribution in [2.45, 2.75) is 45.1 Å². The van der Waals surface area contributed by atoms with E-state index < -0.39 is 11.0 Å². The van der Waals surface area contributed by atoms with Crippen LogP contribution in [0.25, 0.3) is 11.0 Å². The maximum atomic E-state index is 12.5. The van der Waals surface area contributed by atoms with Crippen LogP contribution in [-0.4, -0.2) is 81.7 Å². The number of nitrogens with zero attached hydrogens (tertiary/aromatic N) is 7. The molecule has 238 valence electrons. The smallest absolute Gasteiger partial charge is 0.229 e. The molecule has 0 saturated carbocycles. The maximum Gasteiger partial charge on any atom is 0.229 e. The summed E-state index contributed by atoms with van der Waals surface area (Å²) in [6, 6.07) is 8.67. The van der Waals surface area contributed by atoms with Crippen molar-refractivity contribution < 1.29 is 8.95 Å². The Kier molecular flexibility index (Phi) is 9.53. The number of benzene rings is 2. The molecule has 2 aromatic carbocycles. The molecule has 0 radical (unpaired) electrons. The highest BCUT2D eigenvalue weighted by Gasteiger charge is 2.28. The molecular weight excluding hydrogens is 610 g/mol. The van der Waals surface area contributed by atoms with Crippen LogP contribution in [0.1, 0.15) is 38.2 Å². The Morgan fingerprint density at radius 1 is 1.04 bits per heavy atom. The number of anilines is 6. The summed E-state index contributed by atoms with van der Waals surface area (Å²) in [5.74, 6) is 1.47. The van der Waals surface area contributed by atoms with Crippen molar-refractivity contribution in [2.75, 3.05) is 66.4 Å². The minimum Gasteiger partial charge on any atom is -0.494 e. The number of halogens is 1. The first-order valence-electron chi connectivity index (χ1n) is 15.4. The van der Waals surface area contributed by atoms with Gasteiger partial charge in [0.25, 0.3) is 0 Å². The summed E-state index contributed by atoms with van der Waals surface area (Å²) >= 11 is 6.58. The number of nitrogens with one attached hydrogen (secondary N) is 2. The molecule has 0 aliphatic carbocycles. The van der Waals surface area contributed by atoms with Crippen LogP contribution < -0.4 is 24.6 Å². The van der Waals surface area contributed by atoms with Gasteiger partial charge in [-0.15, -0.1) is 0 Å². The monoisotopic (exact) mass is 649 g/mol. The lowest BCUT2D eigenvalue weighted by Crippen LogP contribution is -2.44. The Bertz CT molecular complexity index is 1690. The van der Waals surface area contributed by atoms with E-state index in [4.69, 9.17) is 21.3 Å². The molecule has 1 unspecified atom stereocenters. The lowest BCUT2D eigenvalue weighted by Gasteiger charge is -2.38. The lowest BCUT2D eigenvalue weighted by molar-refractivity contribution is 0.208. The van der Waals surface area contributed by atoms with Gasteiger partial charge in [-0.2, -0.15) is 4.98 Å². The SMILES string of the molecule is CCc1cc(Nc2ncc(Cl)c(Nc3ccc4nccnc4c3N(C)S(C)=O)n2)c(OC)cc1N1CCC(N2CCCC2)CC1. The molecule has 2 N–H and O–H groups in total. The molecule has 0 spiro atoms. The summed E-state index contributed by atoms with van der Waals surface area (Å²) < 4.78 is 20.0. The highest BCUT2D eigenvalue weighted by Crippen LogP contribution is 2.39. The molecule has 2 aliphatic rings. The van der Waals surface area contributed by atoms with Gasteiger partial charge in [0, 0.05) is 56.6 Å². The van der Waals surface area contributed by atoms with Crippen LogP contribution in [-0.2, 0) is 17.4 Å². The molecule has 11 nitrogen and oxygen atoms in total. The average molecular weight is 650 g/mol. The number of ether oxygens (including phenoxy) is 1. The van der Waals surface area contributed by atoms with Crippen LogP contribution in [0.3, 0.4) is 0 Å². The van der Waals surface area contributed by atoms with Crippen LogP contribution in [0.2, 0.25) is 5.02 Å². The van der Waals surface area contributed by atoms with E-state index in [1.807, 2.05) is 12.1 Å². The molecule has 0 amide bonds. The van der Waals surface area contributed by atoms with E-state index >= 15 is 0 Å². The van der Waals surface area contributed by atoms with Crippen LogP contribution in [0.4, 0.5) is 34.5 Å². The average Bonchev–Trinajstić information content (AvgIpc) is 3.61. The lowest BCUT2D eigenvalue weighted by atomic mass is 10.0. The summed E-state index contributed by atoms with van der Waals surface area (Å²) in [7, 11) is 2.12. The number of aromatic nitrogens is 4. The number of aryl methyl sites for hydroxylation is 1. The summed E-state index contributed by atoms with van der Waals surface area (Å²) in [4.78, 5) is 23.3. The first-order chi connectivity index (χ1) is 21.9. The fraction of sp³-hybridized carbons (Fsp3) is 0.438. The van der Waals surface area contributed by atoms with Gasteiger partial charge in [-0.1, -0.05) is 18.5 Å². The Balaban J connectivity index is 1.25. The minimum atomic E-state index is -1.31. The van der Waals surface area contributed by atoms with E-state index in [0.29, 0.717) is 45.2 Å². The second-order valence-corrected chi connectivity index (χ2v) is 13.2. The Morgan fingerprint density at radius 2 is 1.80 bits per heavy atom. The van der Waals surface area contributed by atoms with Crippen LogP contribution in [0.15, 0.2) is 42.9 Å². The van der Waals surface area contributed by atoms with Gasteiger partial charge in [0.05, 0.1) is 30.2 Å². The molecular formula is C32H40ClN9O2S. The number of hydrogen-bond donors (Lipinski definition) is 2. The molecule has 2 saturated heterocycles. The molecule has 2 aromatic heterocycles. The second-order valence-electron chi connectivity index (χ2n) is 11.4. The van der Waals surface area contributed by atoms with Crippen molar-refractivity contribution >= 4 is 68.1 Å². The zero-order valence-electron chi connectivity index (χ0n) is 26.2. The first kappa shape index (κ1) is 31.3. The van der Waals surface area contributed by atoms with Crippen LogP contribution >= 0.6 is 11.6 Å². The zero-order valence-corrected chi connectivity index (χ0v) is 27.8. The summed E-state index contributed by atoms with van der Waals surface area (Å²) in [5, 5.41) is 7.01. The molecule has 1 atom stereocenters. The standard InChI is InChI=1S/C32H40ClN9O2S/c1-5-21-18-26(28(44-3)19-27(21)42-16-10-22(11-17-42)41-14-6-7-15-41)38-32-36-20-23(33)31(39-32)37-25-9-8-24-29(35-13-12-34-24)30(25)40(2)45(4)43/h8-9,12-13,18-20,22H,5-7,10-11,14-17H2,1-4H3,(H2,36,37,38,39). The van der Waals surface area contributed by atoms with Gasteiger partial charge in [-0.25, -0.2) is 9.19 Å². The highest BCUT2D eigenvalue weighted by molar-refractivity contribution is 7.85. The van der Waals surface area contributed by atoms with Crippen molar-refractivity contribution in [3.05, 3.63) is 53.4 Å². The summed E-state index contributed by atoms with van der Waals surface area (Å²) in [5.41, 5.74) is 5.80. The number of likely N-dealkylation sites (tertiary alicyclic amines) is 1. The van der Waals surface area contributed by atoms with Crippen molar-refractivity contribution in [3.8, 4) is 5.75 Å². The molecule has 2 aliphatic heterocycles. The third-order valence-corrected chi connectivity index (χ3v) is 10.0. The third-order valence-electron chi connectivity index (χ3n) is 8.80. The normalized spacial score (nSPS) is 16.6. The van der Waals surface area contributed by atoms with Crippen molar-refractivity contribution in [2.24, 2.45) is 0 Å². The van der Waals surface area contributed by atoms with Crippen LogP contribution in [0, 0.1) is 0 Å². The van der Waals surface area contributed by atoms with E-state index in [1.54, 1.807) is 43.3 Å². The summed E-state index contributed by atoms with van der Waals surface area (Å²) in [6.45, 7) is 6.76. The molecule has 6 rings (SSSR count). The zero-order chi connectivity index (χ0) is 31.5. The molecule has 2 fully saturated rings. The summed E-state index contributed by atoms with van der Waals surface area (Å²) in [6.07, 6.45) is 12.3. The molecule has 4 aromatic rings. The van der Waals surface area contributed by atoms with Gasteiger partial charge in [-0.3, -0.25) is 14.3 Å². The predicted molar refractivity (Wildman–Crippen MR) is 184 cm³/mol. The number of fused-ring (bicyclic) bond motifs is 1. The van der Waals surface area contributed by atoms with E-state index in [1.165, 1.54) is 50.0 Å². The number of piperidine rings is 1. The number of hydrogen-bond acceptors (Lipinski definition) is 10. The third kappa shape index (κ3) is 6.63. The Morgan fingerprint density at radius 3 is 2.51 bits per heavy atom. The van der Waals surface area contributed by atoms with Crippen LogP contribution in [0.5, 0.6) is 5.75 Å². The first-order valence-corrected chi connectivity index (χ1v) is 17.3. The van der Waals surface area contributed by atoms with Gasteiger partial charge in [0.15, 0.2) is 5.82 Å². The quantitative estimate of drug-likeness (QED) is 0.215. The molecule has 4 heterocycles. The second kappa shape index (κ2) is 13.7. The molecule has 0 bridgehead atoms. The van der Waals surface area contributed by atoms with Crippen molar-refractivity contribution in [1.82, 2.24) is 24.8 Å². The fourth-order valence-corrected chi connectivity index (χ4v) is 6.95. The largest absolute Gasteiger partial charge is 0.494 e. The Hall–Kier alpha value is -3.74. The van der Waals surface area contributed by atoms with E-state index in [-0.39, 0.29) is 0 Å². The Labute approximate surface area is 272 Å². The maximum absolute atomic E-state index is 12.5. The van der Waals surface area contributed by atoms with E-state index in [0.717, 1.165) is 30.9 Å². The van der Waals surface area contributed by atoms with Gasteiger partial charge in [-0.05, 0) is 69.0 Å². The number of rotatable bonds is 10. The predicted octanol–water partition coefficient (Wildman–Crippen LogP) is 5.93. The van der Waals surface area contributed by atoms with E-state index in [2.05, 4.69) is 54.4 Å². The van der Waals surface area contributed by atoms with Gasteiger partial charge in [0.1, 0.15) is 33.0 Å². The fourth-order valence-electron chi connectivity index (χ4n) is 6.37. The topological polar surface area (TPSA) is 112 Å². The number of methoxy groups -OCH3 is 1. The van der Waals surface area contributed by atoms with Gasteiger partial charge < -0.3 is 25.2 Å².